The van der Waals surface area contributed by atoms with E-state index in [2.05, 4.69) is 0 Å². The topological polar surface area (TPSA) is 279 Å². The minimum atomic E-state index is -5.16. The van der Waals surface area contributed by atoms with E-state index in [9.17, 15) is 42.8 Å². The second kappa shape index (κ2) is 14.9. The highest BCUT2D eigenvalue weighted by atomic mass is 31.2. The van der Waals surface area contributed by atoms with E-state index in [1.54, 1.807) is 0 Å². The first-order valence-corrected chi connectivity index (χ1v) is 16.1. The van der Waals surface area contributed by atoms with Crippen LogP contribution in [0.25, 0.3) is 0 Å². The Balaban J connectivity index is 3.60. The van der Waals surface area contributed by atoms with Crippen molar-refractivity contribution in [3.05, 3.63) is 0 Å². The average Bonchev–Trinajstić information content (AvgIpc) is 2.71. The lowest BCUT2D eigenvalue weighted by atomic mass is 9.99. The summed E-state index contributed by atoms with van der Waals surface area (Å²) in [6.07, 6.45) is -12.9. The Kier molecular flexibility index (Phi) is 13.7. The van der Waals surface area contributed by atoms with Crippen molar-refractivity contribution < 1.29 is 85.9 Å². The molecule has 0 aromatic rings. The Bertz CT molecular complexity index is 970. The maximum atomic E-state index is 12.5. The molecule has 0 spiro atoms. The molecular weight excluding hydrogens is 585 g/mol. The minimum Gasteiger partial charge on any atom is -0.481 e. The van der Waals surface area contributed by atoms with Crippen molar-refractivity contribution in [2.45, 2.75) is 50.5 Å². The van der Waals surface area contributed by atoms with Crippen molar-refractivity contribution in [3.8, 4) is 0 Å². The lowest BCUT2D eigenvalue weighted by molar-refractivity contribution is -0.284. The maximum Gasteiger partial charge on any atom is 0.339 e. The molecule has 21 heteroatoms. The van der Waals surface area contributed by atoms with Gasteiger partial charge < -0.3 is 44.2 Å². The van der Waals surface area contributed by atoms with Gasteiger partial charge in [-0.15, -0.1) is 0 Å². The monoisotopic (exact) mass is 616 g/mol. The number of aliphatic carboxylic acids is 3. The summed E-state index contributed by atoms with van der Waals surface area (Å²) in [6.45, 7) is 1.52. The molecule has 0 aromatic heterocycles. The largest absolute Gasteiger partial charge is 0.481 e. The zero-order valence-electron chi connectivity index (χ0n) is 20.3. The molecule has 8 atom stereocenters. The lowest BCUT2D eigenvalue weighted by Gasteiger charge is -2.45. The quantitative estimate of drug-likeness (QED) is 0.0882. The van der Waals surface area contributed by atoms with Gasteiger partial charge in [-0.3, -0.25) is 41.6 Å². The fraction of sp³-hybridized carbons (Fsp3) is 0.824. The van der Waals surface area contributed by atoms with Crippen molar-refractivity contribution in [1.29, 1.82) is 0 Å². The van der Waals surface area contributed by atoms with Gasteiger partial charge in [0.2, 0.25) is 0 Å². The van der Waals surface area contributed by atoms with E-state index in [0.29, 0.717) is 12.8 Å². The van der Waals surface area contributed by atoms with Gasteiger partial charge in [-0.2, -0.15) is 0 Å². The molecule has 0 aromatic carbocycles. The highest BCUT2D eigenvalue weighted by Gasteiger charge is 2.55. The molecule has 1 heterocycles. The van der Waals surface area contributed by atoms with Crippen LogP contribution in [0.5, 0.6) is 0 Å². The van der Waals surface area contributed by atoms with Crippen molar-refractivity contribution in [2.75, 3.05) is 38.8 Å². The molecular formula is C17H31O18P3. The van der Waals surface area contributed by atoms with Crippen molar-refractivity contribution >= 4 is 40.7 Å². The molecule has 1 fully saturated rings. The number of rotatable bonds is 18. The highest BCUT2D eigenvalue weighted by molar-refractivity contribution is 7.54. The van der Waals surface area contributed by atoms with E-state index in [1.807, 2.05) is 6.92 Å². The number of carboxylic acid groups (broad SMARTS) is 3. The predicted molar refractivity (Wildman–Crippen MR) is 123 cm³/mol. The Morgan fingerprint density at radius 2 is 1.18 bits per heavy atom. The van der Waals surface area contributed by atoms with Crippen LogP contribution in [-0.4, -0.2) is 117 Å². The molecule has 1 aliphatic heterocycles. The molecule has 0 amide bonds. The van der Waals surface area contributed by atoms with Gasteiger partial charge >= 0.3 is 40.7 Å². The van der Waals surface area contributed by atoms with E-state index in [4.69, 9.17) is 43.1 Å². The smallest absolute Gasteiger partial charge is 0.339 e. The third-order valence-electron chi connectivity index (χ3n) is 4.61. The van der Waals surface area contributed by atoms with Crippen LogP contribution < -0.4 is 0 Å². The number of unbranched alkanes of at least 4 members (excludes halogenated alkanes) is 1. The summed E-state index contributed by atoms with van der Waals surface area (Å²) in [7, 11) is -14.3. The van der Waals surface area contributed by atoms with Crippen LogP contribution in [-0.2, 0) is 55.9 Å². The number of hydrogen-bond acceptors (Lipinski definition) is 12. The van der Waals surface area contributed by atoms with Crippen LogP contribution >= 0.6 is 22.8 Å². The van der Waals surface area contributed by atoms with Crippen LogP contribution in [0.1, 0.15) is 19.8 Å². The zero-order chi connectivity index (χ0) is 29.3. The second-order valence-corrected chi connectivity index (χ2v) is 13.4. The zero-order valence-corrected chi connectivity index (χ0v) is 22.9. The number of ether oxygens (including phenoxy) is 3. The van der Waals surface area contributed by atoms with E-state index >= 15 is 0 Å². The standard InChI is InChI=1S/C17H31O18P3/c1-3-4-5-31-6-10-14(33-36(24,25)7-11(18)19)15(34-37(26,27)8-12(20)21)16(17(30-2)32-10)35-38(28,29)9-13(22)23/h10,14-17H,3-9H2,1-2H3,(H,18,19)(H,20,21)(H,22,23)(H,24,25)(H,26,27)(H,28,29)/t10-,14-,15+,16-,17?/m1/s1. The first-order chi connectivity index (χ1) is 17.4. The molecule has 0 radical (unpaired) electrons. The minimum absolute atomic E-state index is 0.139. The molecule has 0 saturated carbocycles. The average molecular weight is 616 g/mol. The van der Waals surface area contributed by atoms with E-state index < -0.39 is 96.5 Å². The summed E-state index contributed by atoms with van der Waals surface area (Å²) in [5.41, 5.74) is 0. The van der Waals surface area contributed by atoms with Crippen LogP contribution in [0.2, 0.25) is 0 Å². The Labute approximate surface area is 216 Å². The predicted octanol–water partition coefficient (Wildman–Crippen LogP) is 0.140. The summed E-state index contributed by atoms with van der Waals surface area (Å²) >= 11 is 0. The van der Waals surface area contributed by atoms with Crippen LogP contribution in [0.4, 0.5) is 0 Å². The van der Waals surface area contributed by atoms with Gasteiger partial charge in [-0.1, -0.05) is 13.3 Å². The van der Waals surface area contributed by atoms with Crippen molar-refractivity contribution in [1.82, 2.24) is 0 Å². The maximum absolute atomic E-state index is 12.5. The van der Waals surface area contributed by atoms with Crippen LogP contribution in [0.15, 0.2) is 0 Å². The third-order valence-corrected chi connectivity index (χ3v) is 8.34. The summed E-state index contributed by atoms with van der Waals surface area (Å²) in [4.78, 5) is 63.4. The molecule has 1 saturated heterocycles. The fourth-order valence-electron chi connectivity index (χ4n) is 3.20. The second-order valence-electron chi connectivity index (χ2n) is 7.99. The van der Waals surface area contributed by atoms with Crippen LogP contribution in [0.3, 0.4) is 0 Å². The molecule has 1 aliphatic rings. The van der Waals surface area contributed by atoms with Crippen molar-refractivity contribution in [3.63, 3.8) is 0 Å². The Morgan fingerprint density at radius 1 is 0.763 bits per heavy atom. The summed E-state index contributed by atoms with van der Waals surface area (Å²) < 4.78 is 68.5. The highest BCUT2D eigenvalue weighted by Crippen LogP contribution is 2.53. The number of methoxy groups -OCH3 is 1. The van der Waals surface area contributed by atoms with Crippen molar-refractivity contribution in [2.24, 2.45) is 0 Å². The van der Waals surface area contributed by atoms with E-state index in [-0.39, 0.29) is 6.61 Å². The molecule has 222 valence electrons. The first-order valence-electron chi connectivity index (χ1n) is 10.8. The van der Waals surface area contributed by atoms with Gasteiger partial charge in [-0.05, 0) is 6.42 Å². The van der Waals surface area contributed by atoms with E-state index in [0.717, 1.165) is 7.11 Å². The number of hydrogen-bond donors (Lipinski definition) is 6. The van der Waals surface area contributed by atoms with Crippen LogP contribution in [0, 0.1) is 0 Å². The molecule has 1 rings (SSSR count). The molecule has 0 aliphatic carbocycles. The SMILES string of the molecule is CCCCOC[C@H]1OC(OC)[C@H](OP(=O)(O)CC(=O)O)[C@@H](OP(=O)(O)CC(=O)O)[C@@H]1OP(=O)(O)CC(=O)O. The Hall–Kier alpha value is -1.26. The molecule has 6 N–H and O–H groups in total. The summed E-state index contributed by atoms with van der Waals surface area (Å²) in [5, 5.41) is 26.8. The lowest BCUT2D eigenvalue weighted by Crippen LogP contribution is -2.61. The Morgan fingerprint density at radius 3 is 1.58 bits per heavy atom. The number of carbonyl (C=O) groups is 3. The van der Waals surface area contributed by atoms with E-state index in [1.165, 1.54) is 0 Å². The molecule has 0 bridgehead atoms. The van der Waals surface area contributed by atoms with Gasteiger partial charge in [0.25, 0.3) is 0 Å². The van der Waals surface area contributed by atoms with Gasteiger partial charge in [0.1, 0.15) is 42.9 Å². The van der Waals surface area contributed by atoms with Gasteiger partial charge in [0, 0.05) is 13.7 Å². The fourth-order valence-corrected chi connectivity index (χ4v) is 6.31. The normalized spacial score (nSPS) is 28.5. The molecule has 38 heavy (non-hydrogen) atoms. The number of carboxylic acids is 3. The molecule has 4 unspecified atom stereocenters. The summed E-state index contributed by atoms with van der Waals surface area (Å²) in [5.74, 6) is -5.37. The van der Waals surface area contributed by atoms with Gasteiger partial charge in [0.05, 0.1) is 6.61 Å². The molecule has 18 nitrogen and oxygen atoms in total. The van der Waals surface area contributed by atoms with Gasteiger partial charge in [-0.25, -0.2) is 0 Å². The van der Waals surface area contributed by atoms with Gasteiger partial charge in [0.15, 0.2) is 6.29 Å². The summed E-state index contributed by atoms with van der Waals surface area (Å²) in [6, 6.07) is 0. The third kappa shape index (κ3) is 12.3. The first kappa shape index (κ1) is 34.8.